The lowest BCUT2D eigenvalue weighted by Crippen LogP contribution is -2.01. The van der Waals surface area contributed by atoms with Crippen LogP contribution in [0.2, 0.25) is 0 Å². The fraction of sp³-hybridized carbons (Fsp3) is 0.208. The molecular formula is C24H24FNO. The van der Waals surface area contributed by atoms with Gasteiger partial charge in [0.05, 0.1) is 5.69 Å². The second-order valence-corrected chi connectivity index (χ2v) is 6.83. The van der Waals surface area contributed by atoms with Crippen molar-refractivity contribution in [2.45, 2.75) is 33.1 Å². The molecule has 138 valence electrons. The number of halogens is 1. The topological polar surface area (TPSA) is 22.0 Å². The molecule has 27 heavy (non-hydrogen) atoms. The van der Waals surface area contributed by atoms with E-state index >= 15 is 0 Å². The van der Waals surface area contributed by atoms with Gasteiger partial charge in [0.25, 0.3) is 0 Å². The van der Waals surface area contributed by atoms with E-state index in [9.17, 15) is 9.18 Å². The lowest BCUT2D eigenvalue weighted by molar-refractivity contribution is 0.112. The Morgan fingerprint density at radius 2 is 1.67 bits per heavy atom. The summed E-state index contributed by atoms with van der Waals surface area (Å²) < 4.78 is 15.6. The van der Waals surface area contributed by atoms with Crippen molar-refractivity contribution >= 4 is 12.5 Å². The Hall–Kier alpha value is -2.94. The number of carbonyl (C=O) groups excluding carboxylic acids is 1. The van der Waals surface area contributed by atoms with Gasteiger partial charge in [-0.2, -0.15) is 0 Å². The van der Waals surface area contributed by atoms with Crippen LogP contribution in [0.5, 0.6) is 0 Å². The maximum Gasteiger partial charge on any atom is 0.152 e. The van der Waals surface area contributed by atoms with Crippen LogP contribution in [0.3, 0.4) is 0 Å². The van der Waals surface area contributed by atoms with Crippen LogP contribution in [0.1, 0.15) is 49.2 Å². The Balaban J connectivity index is 2.44. The number of aromatic nitrogens is 1. The first-order valence-electron chi connectivity index (χ1n) is 9.29. The third-order valence-electron chi connectivity index (χ3n) is 4.62. The Labute approximate surface area is 160 Å². The summed E-state index contributed by atoms with van der Waals surface area (Å²) in [5.74, 6) is -0.120. The molecule has 0 bridgehead atoms. The van der Waals surface area contributed by atoms with Gasteiger partial charge < -0.3 is 4.57 Å². The van der Waals surface area contributed by atoms with Gasteiger partial charge in [-0.05, 0) is 47.7 Å². The minimum atomic E-state index is -0.276. The molecule has 2 aromatic carbocycles. The van der Waals surface area contributed by atoms with Crippen molar-refractivity contribution < 1.29 is 9.18 Å². The standard InChI is InChI=1S/C24H24FNO/c1-4-5-15-26-23(17(2)3)21(16-27)22(18-9-7-6-8-10-18)24(26)19-11-13-20(25)14-12-19/h5-17H,4H2,1-3H3/b15-5+. The molecular weight excluding hydrogens is 337 g/mol. The van der Waals surface area contributed by atoms with E-state index in [2.05, 4.69) is 31.4 Å². The van der Waals surface area contributed by atoms with Crippen molar-refractivity contribution in [3.05, 3.63) is 77.7 Å². The quantitative estimate of drug-likeness (QED) is 0.444. The van der Waals surface area contributed by atoms with Gasteiger partial charge >= 0.3 is 0 Å². The lowest BCUT2D eigenvalue weighted by atomic mass is 9.96. The van der Waals surface area contributed by atoms with Gasteiger partial charge in [-0.3, -0.25) is 4.79 Å². The maximum atomic E-state index is 13.5. The van der Waals surface area contributed by atoms with Crippen LogP contribution in [0.4, 0.5) is 4.39 Å². The van der Waals surface area contributed by atoms with Crippen molar-refractivity contribution in [2.24, 2.45) is 0 Å². The zero-order valence-electron chi connectivity index (χ0n) is 15.9. The molecule has 3 rings (SSSR count). The van der Waals surface area contributed by atoms with E-state index in [1.807, 2.05) is 36.5 Å². The molecule has 0 atom stereocenters. The average molecular weight is 361 g/mol. The highest BCUT2D eigenvalue weighted by atomic mass is 19.1. The predicted molar refractivity (Wildman–Crippen MR) is 110 cm³/mol. The van der Waals surface area contributed by atoms with Crippen LogP contribution >= 0.6 is 0 Å². The van der Waals surface area contributed by atoms with Crippen LogP contribution in [0, 0.1) is 5.82 Å². The molecule has 3 heteroatoms. The highest BCUT2D eigenvalue weighted by Crippen LogP contribution is 2.41. The summed E-state index contributed by atoms with van der Waals surface area (Å²) in [6, 6.07) is 16.4. The number of nitrogens with zero attached hydrogens (tertiary/aromatic N) is 1. The first-order chi connectivity index (χ1) is 13.1. The molecule has 0 unspecified atom stereocenters. The SMILES string of the molecule is CC/C=C/n1c(-c2ccc(F)cc2)c(-c2ccccc2)c(C=O)c1C(C)C. The molecule has 0 aliphatic carbocycles. The zero-order chi connectivity index (χ0) is 19.4. The fourth-order valence-electron chi connectivity index (χ4n) is 3.49. The summed E-state index contributed by atoms with van der Waals surface area (Å²) in [4.78, 5) is 12.2. The van der Waals surface area contributed by atoms with Crippen LogP contribution in [-0.4, -0.2) is 10.9 Å². The first kappa shape index (κ1) is 18.8. The number of benzene rings is 2. The highest BCUT2D eigenvalue weighted by molar-refractivity contribution is 5.98. The van der Waals surface area contributed by atoms with Crippen LogP contribution in [0.15, 0.2) is 60.7 Å². The van der Waals surface area contributed by atoms with Gasteiger partial charge in [-0.25, -0.2) is 4.39 Å². The van der Waals surface area contributed by atoms with Gasteiger partial charge in [0, 0.05) is 23.0 Å². The zero-order valence-corrected chi connectivity index (χ0v) is 15.9. The molecule has 1 heterocycles. The first-order valence-corrected chi connectivity index (χ1v) is 9.29. The summed E-state index contributed by atoms with van der Waals surface area (Å²) >= 11 is 0. The Kier molecular flexibility index (Phi) is 5.70. The van der Waals surface area contributed by atoms with Crippen molar-refractivity contribution in [2.75, 3.05) is 0 Å². The van der Waals surface area contributed by atoms with E-state index in [0.717, 1.165) is 40.8 Å². The largest absolute Gasteiger partial charge is 0.319 e. The normalized spacial score (nSPS) is 11.4. The number of aldehydes is 1. The second-order valence-electron chi connectivity index (χ2n) is 6.83. The third kappa shape index (κ3) is 3.63. The van der Waals surface area contributed by atoms with Gasteiger partial charge in [0.15, 0.2) is 6.29 Å². The van der Waals surface area contributed by atoms with E-state index < -0.39 is 0 Å². The number of hydrogen-bond acceptors (Lipinski definition) is 1. The van der Waals surface area contributed by atoms with Crippen molar-refractivity contribution in [3.63, 3.8) is 0 Å². The van der Waals surface area contributed by atoms with E-state index in [0.29, 0.717) is 5.56 Å². The van der Waals surface area contributed by atoms with Crippen LogP contribution in [-0.2, 0) is 0 Å². The monoisotopic (exact) mass is 361 g/mol. The molecule has 0 spiro atoms. The summed E-state index contributed by atoms with van der Waals surface area (Å²) in [5.41, 5.74) is 5.32. The molecule has 0 saturated carbocycles. The minimum absolute atomic E-state index is 0.156. The Bertz CT molecular complexity index is 950. The molecule has 0 amide bonds. The molecule has 0 radical (unpaired) electrons. The summed E-state index contributed by atoms with van der Waals surface area (Å²) in [6.45, 7) is 6.25. The summed E-state index contributed by atoms with van der Waals surface area (Å²) in [6.07, 6.45) is 5.92. The van der Waals surface area contributed by atoms with Crippen LogP contribution < -0.4 is 0 Å². The van der Waals surface area contributed by atoms with Gasteiger partial charge in [-0.1, -0.05) is 57.2 Å². The van der Waals surface area contributed by atoms with Crippen molar-refractivity contribution in [1.82, 2.24) is 4.57 Å². The number of rotatable bonds is 6. The Morgan fingerprint density at radius 1 is 1.00 bits per heavy atom. The van der Waals surface area contributed by atoms with E-state index in [4.69, 9.17) is 0 Å². The van der Waals surface area contributed by atoms with Gasteiger partial charge in [-0.15, -0.1) is 0 Å². The minimum Gasteiger partial charge on any atom is -0.319 e. The second kappa shape index (κ2) is 8.17. The molecule has 0 aliphatic heterocycles. The summed E-state index contributed by atoms with van der Waals surface area (Å²) in [5, 5.41) is 0. The van der Waals surface area contributed by atoms with Crippen LogP contribution in [0.25, 0.3) is 28.6 Å². The molecule has 3 aromatic rings. The molecule has 0 saturated heterocycles. The van der Waals surface area contributed by atoms with Gasteiger partial charge in [0.1, 0.15) is 5.82 Å². The molecule has 0 N–H and O–H groups in total. The fourth-order valence-corrected chi connectivity index (χ4v) is 3.49. The van der Waals surface area contributed by atoms with E-state index in [1.165, 1.54) is 12.1 Å². The highest BCUT2D eigenvalue weighted by Gasteiger charge is 2.25. The van der Waals surface area contributed by atoms with Crippen molar-refractivity contribution in [3.8, 4) is 22.4 Å². The van der Waals surface area contributed by atoms with E-state index in [1.54, 1.807) is 12.1 Å². The number of hydrogen-bond donors (Lipinski definition) is 0. The third-order valence-corrected chi connectivity index (χ3v) is 4.62. The predicted octanol–water partition coefficient (Wildman–Crippen LogP) is 6.78. The maximum absolute atomic E-state index is 13.5. The summed E-state index contributed by atoms with van der Waals surface area (Å²) in [7, 11) is 0. The number of carbonyl (C=O) groups is 1. The molecule has 2 nitrogen and oxygen atoms in total. The lowest BCUT2D eigenvalue weighted by Gasteiger charge is -2.13. The molecule has 0 fully saturated rings. The average Bonchev–Trinajstić information content (AvgIpc) is 3.02. The molecule has 1 aromatic heterocycles. The molecule has 0 aliphatic rings. The van der Waals surface area contributed by atoms with Gasteiger partial charge in [0.2, 0.25) is 0 Å². The number of allylic oxidation sites excluding steroid dienone is 1. The van der Waals surface area contributed by atoms with E-state index in [-0.39, 0.29) is 11.7 Å². The Morgan fingerprint density at radius 3 is 2.22 bits per heavy atom. The van der Waals surface area contributed by atoms with Crippen molar-refractivity contribution in [1.29, 1.82) is 0 Å². The smallest absolute Gasteiger partial charge is 0.152 e.